The molecule has 0 heterocycles. The molecule has 3 rings (SSSR count). The summed E-state index contributed by atoms with van der Waals surface area (Å²) in [6.45, 7) is 13.8. The van der Waals surface area contributed by atoms with E-state index in [0.29, 0.717) is 31.3 Å². The standard InChI is InChI=1S/C27H41NO5Si/c1-18-13-14-21-22(16-18)19-10-7-8-11-20(19)23(21)17-32-26(31)28-24(25(29)30)12-9-15-33-34(5,6)27(2,3)4/h7-8,10,13-14,18,20,23-24H,9,11-12,15-17H2,1-6H3,(H,28,31)(H,29,30)/t18?,20?,23?,24-/m0/s1. The Hall–Kier alpha value is -2.12. The van der Waals surface area contributed by atoms with E-state index in [0.717, 1.165) is 12.8 Å². The van der Waals surface area contributed by atoms with Crippen LogP contribution in [0.4, 0.5) is 4.79 Å². The SMILES string of the molecule is CC1C=CC2=C(C1)C1=CC=CCC1C2COC(=O)N[C@@H](CCCO[Si](C)(C)C(C)(C)C)C(=O)O. The number of carbonyl (C=O) groups excluding carboxylic acids is 1. The van der Waals surface area contributed by atoms with E-state index in [-0.39, 0.29) is 17.6 Å². The van der Waals surface area contributed by atoms with Gasteiger partial charge in [-0.3, -0.25) is 0 Å². The van der Waals surface area contributed by atoms with Crippen molar-refractivity contribution in [2.45, 2.75) is 77.6 Å². The Labute approximate surface area is 205 Å². The van der Waals surface area contributed by atoms with E-state index < -0.39 is 26.4 Å². The number of carbonyl (C=O) groups is 2. The second-order valence-electron chi connectivity index (χ2n) is 11.4. The van der Waals surface area contributed by atoms with Crippen LogP contribution in [-0.2, 0) is 14.0 Å². The second kappa shape index (κ2) is 10.6. The molecule has 0 aromatic carbocycles. The van der Waals surface area contributed by atoms with Gasteiger partial charge in [0.1, 0.15) is 12.6 Å². The molecular weight excluding hydrogens is 446 g/mol. The van der Waals surface area contributed by atoms with E-state index in [1.807, 2.05) is 0 Å². The minimum absolute atomic E-state index is 0.103. The number of alkyl carbamates (subject to hydrolysis) is 1. The number of hydrogen-bond donors (Lipinski definition) is 2. The van der Waals surface area contributed by atoms with Crippen molar-refractivity contribution in [1.29, 1.82) is 0 Å². The number of hydrogen-bond acceptors (Lipinski definition) is 4. The van der Waals surface area contributed by atoms with Crippen molar-refractivity contribution in [3.05, 3.63) is 47.1 Å². The minimum Gasteiger partial charge on any atom is -0.480 e. The highest BCUT2D eigenvalue weighted by atomic mass is 28.4. The molecule has 2 N–H and O–H groups in total. The summed E-state index contributed by atoms with van der Waals surface area (Å²) in [4.78, 5) is 24.2. The Morgan fingerprint density at radius 3 is 2.71 bits per heavy atom. The molecule has 7 heteroatoms. The number of aliphatic carboxylic acids is 1. The van der Waals surface area contributed by atoms with Crippen LogP contribution in [0.1, 0.15) is 53.4 Å². The van der Waals surface area contributed by atoms with Crippen molar-refractivity contribution in [3.63, 3.8) is 0 Å². The van der Waals surface area contributed by atoms with Crippen LogP contribution in [0.5, 0.6) is 0 Å². The maximum Gasteiger partial charge on any atom is 0.407 e. The van der Waals surface area contributed by atoms with Gasteiger partial charge < -0.3 is 19.6 Å². The summed E-state index contributed by atoms with van der Waals surface area (Å²) in [6, 6.07) is -0.989. The van der Waals surface area contributed by atoms with Gasteiger partial charge in [-0.25, -0.2) is 9.59 Å². The van der Waals surface area contributed by atoms with E-state index >= 15 is 0 Å². The average Bonchev–Trinajstić information content (AvgIpc) is 3.06. The van der Waals surface area contributed by atoms with Gasteiger partial charge in [0.05, 0.1) is 0 Å². The fraction of sp³-hybridized carbons (Fsp3) is 0.630. The van der Waals surface area contributed by atoms with Crippen molar-refractivity contribution in [2.24, 2.45) is 17.8 Å². The lowest BCUT2D eigenvalue weighted by Crippen LogP contribution is -2.43. The zero-order valence-electron chi connectivity index (χ0n) is 21.5. The molecular formula is C27H41NO5Si. The van der Waals surface area contributed by atoms with Crippen molar-refractivity contribution >= 4 is 20.4 Å². The van der Waals surface area contributed by atoms with Gasteiger partial charge >= 0.3 is 12.1 Å². The first-order chi connectivity index (χ1) is 15.9. The van der Waals surface area contributed by atoms with E-state index in [9.17, 15) is 14.7 Å². The van der Waals surface area contributed by atoms with Crippen molar-refractivity contribution in [2.75, 3.05) is 13.2 Å². The van der Waals surface area contributed by atoms with E-state index in [4.69, 9.17) is 9.16 Å². The highest BCUT2D eigenvalue weighted by Gasteiger charge is 2.40. The van der Waals surface area contributed by atoms with Gasteiger partial charge in [-0.1, -0.05) is 58.1 Å². The number of rotatable bonds is 9. The van der Waals surface area contributed by atoms with Gasteiger partial charge in [-0.2, -0.15) is 0 Å². The Kier molecular flexibility index (Phi) is 8.29. The Morgan fingerprint density at radius 2 is 2.03 bits per heavy atom. The molecule has 34 heavy (non-hydrogen) atoms. The normalized spacial score (nSPS) is 24.9. The fourth-order valence-corrected chi connectivity index (χ4v) is 5.81. The highest BCUT2D eigenvalue weighted by molar-refractivity contribution is 6.74. The molecule has 0 aliphatic heterocycles. The van der Waals surface area contributed by atoms with Gasteiger partial charge in [0.25, 0.3) is 0 Å². The molecule has 188 valence electrons. The van der Waals surface area contributed by atoms with Gasteiger partial charge in [-0.15, -0.1) is 0 Å². The summed E-state index contributed by atoms with van der Waals surface area (Å²) in [5.41, 5.74) is 4.03. The Balaban J connectivity index is 1.52. The van der Waals surface area contributed by atoms with Gasteiger partial charge in [0, 0.05) is 12.5 Å². The van der Waals surface area contributed by atoms with Crippen LogP contribution >= 0.6 is 0 Å². The summed E-state index contributed by atoms with van der Waals surface area (Å²) in [6.07, 6.45) is 13.0. The van der Waals surface area contributed by atoms with Gasteiger partial charge in [0.2, 0.25) is 0 Å². The quantitative estimate of drug-likeness (QED) is 0.308. The molecule has 3 aliphatic rings. The number of amides is 1. The maximum atomic E-state index is 12.5. The molecule has 0 aromatic rings. The predicted molar refractivity (Wildman–Crippen MR) is 137 cm³/mol. The molecule has 0 fully saturated rings. The highest BCUT2D eigenvalue weighted by Crippen LogP contribution is 2.49. The number of fused-ring (bicyclic) bond motifs is 2. The minimum atomic E-state index is -1.88. The molecule has 0 bridgehead atoms. The molecule has 0 spiro atoms. The largest absolute Gasteiger partial charge is 0.480 e. The van der Waals surface area contributed by atoms with Gasteiger partial charge in [0.15, 0.2) is 8.32 Å². The summed E-state index contributed by atoms with van der Waals surface area (Å²) < 4.78 is 11.7. The summed E-state index contributed by atoms with van der Waals surface area (Å²) in [5, 5.41) is 12.2. The lowest BCUT2D eigenvalue weighted by atomic mass is 9.84. The Morgan fingerprint density at radius 1 is 1.29 bits per heavy atom. The topological polar surface area (TPSA) is 84.9 Å². The maximum absolute atomic E-state index is 12.5. The van der Waals surface area contributed by atoms with Crippen molar-refractivity contribution < 1.29 is 23.9 Å². The first-order valence-electron chi connectivity index (χ1n) is 12.5. The first kappa shape index (κ1) is 26.5. The predicted octanol–water partition coefficient (Wildman–Crippen LogP) is 5.99. The third-order valence-electron chi connectivity index (χ3n) is 7.80. The van der Waals surface area contributed by atoms with E-state index in [2.05, 4.69) is 76.5 Å². The number of ether oxygens (including phenoxy) is 1. The molecule has 0 saturated carbocycles. The zero-order valence-corrected chi connectivity index (χ0v) is 22.5. The molecule has 1 amide bonds. The lowest BCUT2D eigenvalue weighted by molar-refractivity contribution is -0.139. The third kappa shape index (κ3) is 6.11. The van der Waals surface area contributed by atoms with Crippen LogP contribution in [0.15, 0.2) is 47.1 Å². The van der Waals surface area contributed by atoms with Crippen LogP contribution in [0.25, 0.3) is 0 Å². The molecule has 4 atom stereocenters. The molecule has 3 aliphatic carbocycles. The van der Waals surface area contributed by atoms with Crippen LogP contribution < -0.4 is 5.32 Å². The number of allylic oxidation sites excluding steroid dienone is 7. The Bertz CT molecular complexity index is 908. The molecule has 0 aromatic heterocycles. The zero-order chi connectivity index (χ0) is 25.1. The number of carboxylic acids is 1. The fourth-order valence-electron chi connectivity index (χ4n) is 4.72. The number of carboxylic acid groups (broad SMARTS) is 1. The van der Waals surface area contributed by atoms with Crippen LogP contribution in [0.3, 0.4) is 0 Å². The molecule has 0 radical (unpaired) electrons. The van der Waals surface area contributed by atoms with Crippen LogP contribution in [0, 0.1) is 17.8 Å². The summed E-state index contributed by atoms with van der Waals surface area (Å²) in [5.74, 6) is -0.115. The van der Waals surface area contributed by atoms with Crippen molar-refractivity contribution in [3.8, 4) is 0 Å². The third-order valence-corrected chi connectivity index (χ3v) is 12.3. The van der Waals surface area contributed by atoms with Gasteiger partial charge in [-0.05, 0) is 72.4 Å². The van der Waals surface area contributed by atoms with Crippen LogP contribution in [-0.4, -0.2) is 44.7 Å². The van der Waals surface area contributed by atoms with Crippen molar-refractivity contribution in [1.82, 2.24) is 5.32 Å². The molecule has 0 saturated heterocycles. The monoisotopic (exact) mass is 487 g/mol. The van der Waals surface area contributed by atoms with E-state index in [1.54, 1.807) is 0 Å². The number of nitrogens with one attached hydrogen (secondary N) is 1. The molecule has 6 nitrogen and oxygen atoms in total. The van der Waals surface area contributed by atoms with Crippen LogP contribution in [0.2, 0.25) is 18.1 Å². The van der Waals surface area contributed by atoms with E-state index in [1.165, 1.54) is 16.7 Å². The smallest absolute Gasteiger partial charge is 0.407 e. The second-order valence-corrected chi connectivity index (χ2v) is 16.2. The summed E-state index contributed by atoms with van der Waals surface area (Å²) >= 11 is 0. The first-order valence-corrected chi connectivity index (χ1v) is 15.4. The average molecular weight is 488 g/mol. The molecule has 3 unspecified atom stereocenters. The summed E-state index contributed by atoms with van der Waals surface area (Å²) in [7, 11) is -1.88. The lowest BCUT2D eigenvalue weighted by Gasteiger charge is -2.36.